The molecule has 0 spiro atoms. The van der Waals surface area contributed by atoms with Crippen LogP contribution in [0.2, 0.25) is 0 Å². The molecule has 6 heteroatoms. The molecule has 2 rings (SSSR count). The molecule has 1 saturated heterocycles. The number of rotatable bonds is 5. The van der Waals surface area contributed by atoms with Crippen molar-refractivity contribution in [2.75, 3.05) is 18.1 Å². The fourth-order valence-electron chi connectivity index (χ4n) is 2.45. The van der Waals surface area contributed by atoms with Crippen LogP contribution in [0.15, 0.2) is 16.7 Å². The molecular weight excluding hydrogens is 276 g/mol. The summed E-state index contributed by atoms with van der Waals surface area (Å²) in [6, 6.07) is 2.45. The third-order valence-electron chi connectivity index (χ3n) is 3.69. The van der Waals surface area contributed by atoms with E-state index in [4.69, 9.17) is 4.42 Å². The molecule has 0 saturated carbocycles. The minimum absolute atomic E-state index is 0.0644. The monoisotopic (exact) mass is 300 g/mol. The maximum atomic E-state index is 11.6. The molecule has 1 aromatic heterocycles. The molecule has 1 aliphatic rings. The van der Waals surface area contributed by atoms with Gasteiger partial charge in [0.2, 0.25) is 0 Å². The van der Waals surface area contributed by atoms with E-state index < -0.39 is 9.84 Å². The summed E-state index contributed by atoms with van der Waals surface area (Å²) < 4.78 is 28.7. The van der Waals surface area contributed by atoms with Crippen molar-refractivity contribution in [3.8, 4) is 0 Å². The molecule has 1 unspecified atom stereocenters. The Morgan fingerprint density at radius 3 is 2.90 bits per heavy atom. The molecule has 5 nitrogen and oxygen atoms in total. The van der Waals surface area contributed by atoms with Gasteiger partial charge in [0, 0.05) is 30.7 Å². The standard InChI is InChI=1S/C14H24N2O3S/c1-11(2)15-8-14-13(4-6-19-14)9-16-5-7-20(17,18)10-12(16)3/h4,6,11-12,15H,5,7-10H2,1-3H3. The third-order valence-corrected chi connectivity index (χ3v) is 5.48. The SMILES string of the molecule is CC(C)NCc1occc1CN1CCS(=O)(=O)CC1C. The Morgan fingerprint density at radius 2 is 2.25 bits per heavy atom. The second-order valence-corrected chi connectivity index (χ2v) is 8.07. The van der Waals surface area contributed by atoms with E-state index in [-0.39, 0.29) is 17.5 Å². The van der Waals surface area contributed by atoms with Gasteiger partial charge in [-0.3, -0.25) is 4.90 Å². The number of sulfone groups is 1. The Labute approximate surface area is 121 Å². The quantitative estimate of drug-likeness (QED) is 0.890. The van der Waals surface area contributed by atoms with Gasteiger partial charge in [0.25, 0.3) is 0 Å². The first-order chi connectivity index (χ1) is 9.37. The molecular formula is C14H24N2O3S. The zero-order valence-electron chi connectivity index (χ0n) is 12.4. The summed E-state index contributed by atoms with van der Waals surface area (Å²) >= 11 is 0. The maximum Gasteiger partial charge on any atom is 0.153 e. The van der Waals surface area contributed by atoms with Crippen LogP contribution < -0.4 is 5.32 Å². The maximum absolute atomic E-state index is 11.6. The lowest BCUT2D eigenvalue weighted by molar-refractivity contribution is 0.216. The molecule has 0 bridgehead atoms. The van der Waals surface area contributed by atoms with Crippen LogP contribution >= 0.6 is 0 Å². The first-order valence-corrected chi connectivity index (χ1v) is 8.92. The van der Waals surface area contributed by atoms with Gasteiger partial charge >= 0.3 is 0 Å². The average Bonchev–Trinajstić information content (AvgIpc) is 2.77. The fourth-order valence-corrected chi connectivity index (χ4v) is 4.07. The zero-order chi connectivity index (χ0) is 14.8. The summed E-state index contributed by atoms with van der Waals surface area (Å²) in [5, 5.41) is 3.34. The van der Waals surface area contributed by atoms with Crippen LogP contribution in [0, 0.1) is 0 Å². The molecule has 0 radical (unpaired) electrons. The summed E-state index contributed by atoms with van der Waals surface area (Å²) in [7, 11) is -2.85. The molecule has 1 atom stereocenters. The molecule has 0 aliphatic carbocycles. The summed E-state index contributed by atoms with van der Waals surface area (Å²) in [6.07, 6.45) is 1.71. The van der Waals surface area contributed by atoms with E-state index in [1.165, 1.54) is 0 Å². The van der Waals surface area contributed by atoms with Crippen molar-refractivity contribution < 1.29 is 12.8 Å². The Morgan fingerprint density at radius 1 is 1.50 bits per heavy atom. The van der Waals surface area contributed by atoms with Crippen LogP contribution in [0.5, 0.6) is 0 Å². The highest BCUT2D eigenvalue weighted by molar-refractivity contribution is 7.91. The molecule has 20 heavy (non-hydrogen) atoms. The van der Waals surface area contributed by atoms with Crippen molar-refractivity contribution in [1.29, 1.82) is 0 Å². The van der Waals surface area contributed by atoms with E-state index in [1.807, 2.05) is 13.0 Å². The molecule has 2 heterocycles. The van der Waals surface area contributed by atoms with Gasteiger partial charge in [-0.15, -0.1) is 0 Å². The predicted molar refractivity (Wildman–Crippen MR) is 79.2 cm³/mol. The predicted octanol–water partition coefficient (Wildman–Crippen LogP) is 1.40. The highest BCUT2D eigenvalue weighted by Crippen LogP contribution is 2.18. The normalized spacial score (nSPS) is 23.3. The van der Waals surface area contributed by atoms with Gasteiger partial charge in [0.05, 0.1) is 24.3 Å². The van der Waals surface area contributed by atoms with Gasteiger partial charge in [0.15, 0.2) is 9.84 Å². The van der Waals surface area contributed by atoms with E-state index in [2.05, 4.69) is 24.1 Å². The topological polar surface area (TPSA) is 62.6 Å². The van der Waals surface area contributed by atoms with Crippen LogP contribution in [0.3, 0.4) is 0 Å². The fraction of sp³-hybridized carbons (Fsp3) is 0.714. The molecule has 1 aliphatic heterocycles. The van der Waals surface area contributed by atoms with E-state index in [1.54, 1.807) is 6.26 Å². The Bertz CT molecular complexity index is 536. The largest absolute Gasteiger partial charge is 0.468 e. The van der Waals surface area contributed by atoms with Gasteiger partial charge in [-0.05, 0) is 13.0 Å². The van der Waals surface area contributed by atoms with Crippen molar-refractivity contribution in [3.63, 3.8) is 0 Å². The van der Waals surface area contributed by atoms with E-state index in [0.717, 1.165) is 17.9 Å². The minimum Gasteiger partial charge on any atom is -0.468 e. The minimum atomic E-state index is -2.85. The van der Waals surface area contributed by atoms with E-state index in [0.29, 0.717) is 19.1 Å². The number of hydrogen-bond donors (Lipinski definition) is 1. The van der Waals surface area contributed by atoms with Crippen molar-refractivity contribution in [3.05, 3.63) is 23.7 Å². The lowest BCUT2D eigenvalue weighted by Crippen LogP contribution is -2.46. The van der Waals surface area contributed by atoms with Gasteiger partial charge < -0.3 is 9.73 Å². The Balaban J connectivity index is 1.98. The van der Waals surface area contributed by atoms with Crippen molar-refractivity contribution in [1.82, 2.24) is 10.2 Å². The van der Waals surface area contributed by atoms with E-state index in [9.17, 15) is 8.42 Å². The van der Waals surface area contributed by atoms with Gasteiger partial charge in [-0.1, -0.05) is 13.8 Å². The molecule has 0 aromatic carbocycles. The lowest BCUT2D eigenvalue weighted by atomic mass is 10.2. The Hall–Kier alpha value is -0.850. The molecule has 1 N–H and O–H groups in total. The first-order valence-electron chi connectivity index (χ1n) is 7.10. The number of nitrogens with one attached hydrogen (secondary N) is 1. The highest BCUT2D eigenvalue weighted by Gasteiger charge is 2.28. The molecule has 1 fully saturated rings. The smallest absolute Gasteiger partial charge is 0.153 e. The van der Waals surface area contributed by atoms with Gasteiger partial charge in [-0.2, -0.15) is 0 Å². The second-order valence-electron chi connectivity index (χ2n) is 5.84. The van der Waals surface area contributed by atoms with Gasteiger partial charge in [0.1, 0.15) is 5.76 Å². The van der Waals surface area contributed by atoms with Crippen LogP contribution in [-0.2, 0) is 22.9 Å². The van der Waals surface area contributed by atoms with Crippen LogP contribution in [0.1, 0.15) is 32.1 Å². The lowest BCUT2D eigenvalue weighted by Gasteiger charge is -2.32. The number of nitrogens with zero attached hydrogens (tertiary/aromatic N) is 1. The third kappa shape index (κ3) is 4.07. The summed E-state index contributed by atoms with van der Waals surface area (Å²) in [6.45, 7) is 8.23. The Kier molecular flexibility index (Phi) is 4.88. The van der Waals surface area contributed by atoms with Crippen LogP contribution in [0.25, 0.3) is 0 Å². The van der Waals surface area contributed by atoms with Crippen molar-refractivity contribution >= 4 is 9.84 Å². The molecule has 1 aromatic rings. The van der Waals surface area contributed by atoms with Crippen molar-refractivity contribution in [2.45, 2.75) is 45.9 Å². The highest BCUT2D eigenvalue weighted by atomic mass is 32.2. The summed E-state index contributed by atoms with van der Waals surface area (Å²) in [5.41, 5.74) is 1.14. The van der Waals surface area contributed by atoms with Crippen LogP contribution in [0.4, 0.5) is 0 Å². The summed E-state index contributed by atoms with van der Waals surface area (Å²) in [4.78, 5) is 2.21. The summed E-state index contributed by atoms with van der Waals surface area (Å²) in [5.74, 6) is 1.46. The average molecular weight is 300 g/mol. The van der Waals surface area contributed by atoms with Crippen molar-refractivity contribution in [2.24, 2.45) is 0 Å². The van der Waals surface area contributed by atoms with E-state index >= 15 is 0 Å². The number of hydrogen-bond acceptors (Lipinski definition) is 5. The number of furan rings is 1. The molecule has 0 amide bonds. The zero-order valence-corrected chi connectivity index (χ0v) is 13.2. The second kappa shape index (κ2) is 6.28. The van der Waals surface area contributed by atoms with Crippen LogP contribution in [-0.4, -0.2) is 43.5 Å². The first kappa shape index (κ1) is 15.5. The molecule has 114 valence electrons. The van der Waals surface area contributed by atoms with Gasteiger partial charge in [-0.25, -0.2) is 8.42 Å².